The zero-order valence-electron chi connectivity index (χ0n) is 18.7. The number of nitrogens with one attached hydrogen (secondary N) is 1. The first kappa shape index (κ1) is 23.3. The van der Waals surface area contributed by atoms with Gasteiger partial charge >= 0.3 is 0 Å². The molecule has 2 heterocycles. The number of amides is 2. The lowest BCUT2D eigenvalue weighted by Crippen LogP contribution is -2.41. The quantitative estimate of drug-likeness (QED) is 0.645. The predicted molar refractivity (Wildman–Crippen MR) is 123 cm³/mol. The van der Waals surface area contributed by atoms with Gasteiger partial charge in [0.25, 0.3) is 5.91 Å². The van der Waals surface area contributed by atoms with Crippen molar-refractivity contribution in [3.8, 4) is 0 Å². The lowest BCUT2D eigenvalue weighted by molar-refractivity contribution is -0.121. The summed E-state index contributed by atoms with van der Waals surface area (Å²) in [5.74, 6) is 0.701. The summed E-state index contributed by atoms with van der Waals surface area (Å²) in [6.07, 6.45) is 3.25. The molecule has 0 aliphatic carbocycles. The zero-order chi connectivity index (χ0) is 22.4. The monoisotopic (exact) mass is 444 g/mol. The second-order valence-corrected chi connectivity index (χ2v) is 9.00. The molecule has 7 heteroatoms. The normalized spacial score (nSPS) is 16.5. The van der Waals surface area contributed by atoms with Crippen molar-refractivity contribution in [1.82, 2.24) is 20.0 Å². The minimum atomic E-state index is 0.0222. The Morgan fingerprint density at radius 3 is 2.77 bits per heavy atom. The summed E-state index contributed by atoms with van der Waals surface area (Å²) in [7, 11) is 0. The van der Waals surface area contributed by atoms with E-state index in [-0.39, 0.29) is 17.7 Å². The third-order valence-electron chi connectivity index (χ3n) is 5.93. The van der Waals surface area contributed by atoms with Crippen LogP contribution in [0.1, 0.15) is 74.1 Å². The number of halogens is 1. The van der Waals surface area contributed by atoms with E-state index in [0.29, 0.717) is 42.7 Å². The summed E-state index contributed by atoms with van der Waals surface area (Å²) in [5.41, 5.74) is 2.54. The van der Waals surface area contributed by atoms with Crippen molar-refractivity contribution in [2.45, 2.75) is 65.5 Å². The molecule has 1 aliphatic heterocycles. The molecule has 2 aromatic rings. The van der Waals surface area contributed by atoms with Crippen LogP contribution in [-0.2, 0) is 17.9 Å². The van der Waals surface area contributed by atoms with E-state index < -0.39 is 0 Å². The van der Waals surface area contributed by atoms with E-state index in [2.05, 4.69) is 24.3 Å². The summed E-state index contributed by atoms with van der Waals surface area (Å²) in [4.78, 5) is 27.4. The van der Waals surface area contributed by atoms with Crippen LogP contribution in [0.3, 0.4) is 0 Å². The van der Waals surface area contributed by atoms with Gasteiger partial charge < -0.3 is 10.2 Å². The van der Waals surface area contributed by atoms with Gasteiger partial charge in [0.05, 0.1) is 5.69 Å². The molecule has 1 N–H and O–H groups in total. The van der Waals surface area contributed by atoms with Crippen LogP contribution in [-0.4, -0.2) is 39.6 Å². The van der Waals surface area contributed by atoms with Crippen molar-refractivity contribution >= 4 is 23.4 Å². The maximum atomic E-state index is 13.2. The predicted octanol–water partition coefficient (Wildman–Crippen LogP) is 4.63. The molecule has 0 saturated carbocycles. The Morgan fingerprint density at radius 2 is 2.06 bits per heavy atom. The fourth-order valence-corrected chi connectivity index (χ4v) is 4.24. The summed E-state index contributed by atoms with van der Waals surface area (Å²) in [5, 5.41) is 8.20. The van der Waals surface area contributed by atoms with Crippen LogP contribution in [0.2, 0.25) is 5.02 Å². The topological polar surface area (TPSA) is 67.2 Å². The Bertz CT molecular complexity index is 909. The summed E-state index contributed by atoms with van der Waals surface area (Å²) >= 11 is 6.15. The standard InChI is InChI=1S/C24H33ClN4O2/c1-4-29-22(14-21(27-29)17(2)3)24(31)28-13-7-8-18(16-28)11-12-23(30)26-15-19-9-5-6-10-20(19)25/h5-6,9-10,14,17-18H,4,7-8,11-13,15-16H2,1-3H3,(H,26,30)/t18-/m1/s1. The van der Waals surface area contributed by atoms with Crippen molar-refractivity contribution in [1.29, 1.82) is 0 Å². The van der Waals surface area contributed by atoms with Crippen LogP contribution < -0.4 is 5.32 Å². The molecule has 6 nitrogen and oxygen atoms in total. The SMILES string of the molecule is CCn1nc(C(C)C)cc1C(=O)N1CCC[C@H](CCC(=O)NCc2ccccc2Cl)C1. The fourth-order valence-electron chi connectivity index (χ4n) is 4.04. The first-order valence-electron chi connectivity index (χ1n) is 11.3. The smallest absolute Gasteiger partial charge is 0.272 e. The number of likely N-dealkylation sites (tertiary alicyclic amines) is 1. The zero-order valence-corrected chi connectivity index (χ0v) is 19.5. The second-order valence-electron chi connectivity index (χ2n) is 8.59. The van der Waals surface area contributed by atoms with Crippen LogP contribution in [0.5, 0.6) is 0 Å². The van der Waals surface area contributed by atoms with Gasteiger partial charge in [0.2, 0.25) is 5.91 Å². The molecule has 2 amide bonds. The minimum absolute atomic E-state index is 0.0222. The largest absolute Gasteiger partial charge is 0.352 e. The second kappa shape index (κ2) is 10.8. The van der Waals surface area contributed by atoms with Crippen LogP contribution >= 0.6 is 11.6 Å². The van der Waals surface area contributed by atoms with Gasteiger partial charge in [0, 0.05) is 37.6 Å². The van der Waals surface area contributed by atoms with E-state index >= 15 is 0 Å². The van der Waals surface area contributed by atoms with Gasteiger partial charge in [-0.05, 0) is 55.7 Å². The highest BCUT2D eigenvalue weighted by Gasteiger charge is 2.27. The van der Waals surface area contributed by atoms with Crippen LogP contribution in [0.4, 0.5) is 0 Å². The number of carbonyl (C=O) groups is 2. The number of aromatic nitrogens is 2. The molecule has 1 aliphatic rings. The lowest BCUT2D eigenvalue weighted by Gasteiger charge is -2.32. The summed E-state index contributed by atoms with van der Waals surface area (Å²) < 4.78 is 1.81. The van der Waals surface area contributed by atoms with E-state index in [1.54, 1.807) is 0 Å². The molecular weight excluding hydrogens is 412 g/mol. The first-order valence-corrected chi connectivity index (χ1v) is 11.6. The van der Waals surface area contributed by atoms with E-state index in [0.717, 1.165) is 37.1 Å². The van der Waals surface area contributed by atoms with E-state index in [1.807, 2.05) is 46.8 Å². The van der Waals surface area contributed by atoms with Crippen LogP contribution in [0.15, 0.2) is 30.3 Å². The third kappa shape index (κ3) is 6.10. The molecular formula is C24H33ClN4O2. The van der Waals surface area contributed by atoms with Gasteiger partial charge in [-0.1, -0.05) is 43.6 Å². The molecule has 0 radical (unpaired) electrons. The average molecular weight is 445 g/mol. The number of benzene rings is 1. The Labute approximate surface area is 190 Å². The molecule has 168 valence electrons. The van der Waals surface area contributed by atoms with Gasteiger partial charge in [0.15, 0.2) is 0 Å². The fraction of sp³-hybridized carbons (Fsp3) is 0.542. The summed E-state index contributed by atoms with van der Waals surface area (Å²) in [6.45, 7) is 8.76. The lowest BCUT2D eigenvalue weighted by atomic mass is 9.93. The maximum Gasteiger partial charge on any atom is 0.272 e. The molecule has 0 unspecified atom stereocenters. The summed E-state index contributed by atoms with van der Waals surface area (Å²) in [6, 6.07) is 9.46. The van der Waals surface area contributed by atoms with Gasteiger partial charge in [-0.25, -0.2) is 0 Å². The Hall–Kier alpha value is -2.34. The highest BCUT2D eigenvalue weighted by Crippen LogP contribution is 2.24. The maximum absolute atomic E-state index is 13.2. The highest BCUT2D eigenvalue weighted by molar-refractivity contribution is 6.31. The number of aryl methyl sites for hydroxylation is 1. The van der Waals surface area contributed by atoms with Gasteiger partial charge in [-0.3, -0.25) is 14.3 Å². The van der Waals surface area contributed by atoms with Crippen molar-refractivity contribution in [3.63, 3.8) is 0 Å². The number of nitrogens with zero attached hydrogens (tertiary/aromatic N) is 3. The first-order chi connectivity index (χ1) is 14.9. The Balaban J connectivity index is 1.52. The molecule has 1 aromatic heterocycles. The van der Waals surface area contributed by atoms with Gasteiger partial charge in [-0.15, -0.1) is 0 Å². The minimum Gasteiger partial charge on any atom is -0.352 e. The van der Waals surface area contributed by atoms with Crippen molar-refractivity contribution in [2.75, 3.05) is 13.1 Å². The van der Waals surface area contributed by atoms with Gasteiger partial charge in [0.1, 0.15) is 5.69 Å². The molecule has 1 atom stereocenters. The number of carbonyl (C=O) groups excluding carboxylic acids is 2. The number of rotatable bonds is 8. The molecule has 31 heavy (non-hydrogen) atoms. The Kier molecular flexibility index (Phi) is 8.13. The average Bonchev–Trinajstić information content (AvgIpc) is 3.22. The van der Waals surface area contributed by atoms with E-state index in [9.17, 15) is 9.59 Å². The van der Waals surface area contributed by atoms with Crippen molar-refractivity contribution in [3.05, 3.63) is 52.3 Å². The van der Waals surface area contributed by atoms with E-state index in [4.69, 9.17) is 11.6 Å². The molecule has 1 saturated heterocycles. The van der Waals surface area contributed by atoms with E-state index in [1.165, 1.54) is 0 Å². The van der Waals surface area contributed by atoms with Gasteiger partial charge in [-0.2, -0.15) is 5.10 Å². The molecule has 1 aromatic carbocycles. The molecule has 1 fully saturated rings. The molecule has 3 rings (SSSR count). The van der Waals surface area contributed by atoms with Crippen LogP contribution in [0.25, 0.3) is 0 Å². The third-order valence-corrected chi connectivity index (χ3v) is 6.30. The van der Waals surface area contributed by atoms with Crippen molar-refractivity contribution < 1.29 is 9.59 Å². The molecule has 0 spiro atoms. The number of hydrogen-bond acceptors (Lipinski definition) is 3. The van der Waals surface area contributed by atoms with Crippen LogP contribution in [0, 0.1) is 5.92 Å². The molecule has 0 bridgehead atoms. The highest BCUT2D eigenvalue weighted by atomic mass is 35.5. The van der Waals surface area contributed by atoms with Crippen molar-refractivity contribution in [2.24, 2.45) is 5.92 Å². The number of piperidine rings is 1. The number of hydrogen-bond donors (Lipinski definition) is 1. The Morgan fingerprint density at radius 1 is 1.29 bits per heavy atom.